The van der Waals surface area contributed by atoms with Crippen LogP contribution in [0.15, 0.2) is 72.8 Å². The van der Waals surface area contributed by atoms with Crippen molar-refractivity contribution in [3.63, 3.8) is 0 Å². The number of methoxy groups -OCH3 is 1. The zero-order valence-electron chi connectivity index (χ0n) is 15.1. The van der Waals surface area contributed by atoms with E-state index in [9.17, 15) is 5.11 Å². The van der Waals surface area contributed by atoms with Gasteiger partial charge in [0.25, 0.3) is 0 Å². The summed E-state index contributed by atoms with van der Waals surface area (Å²) >= 11 is 0. The van der Waals surface area contributed by atoms with E-state index in [2.05, 4.69) is 48.5 Å². The third-order valence-electron chi connectivity index (χ3n) is 5.65. The molecule has 3 aromatic rings. The van der Waals surface area contributed by atoms with E-state index in [1.165, 1.54) is 22.3 Å². The quantitative estimate of drug-likeness (QED) is 0.639. The van der Waals surface area contributed by atoms with Crippen molar-refractivity contribution in [2.75, 3.05) is 7.11 Å². The van der Waals surface area contributed by atoms with Gasteiger partial charge in [-0.15, -0.1) is 0 Å². The van der Waals surface area contributed by atoms with E-state index < -0.39 is 0 Å². The molecule has 1 unspecified atom stereocenters. The minimum atomic E-state index is -0.201. The molecule has 0 spiro atoms. The van der Waals surface area contributed by atoms with E-state index in [4.69, 9.17) is 4.74 Å². The highest BCUT2D eigenvalue weighted by Gasteiger charge is 2.38. The Labute approximate surface area is 155 Å². The molecule has 0 amide bonds. The van der Waals surface area contributed by atoms with Crippen LogP contribution in [-0.2, 0) is 11.8 Å². The van der Waals surface area contributed by atoms with Crippen LogP contribution in [0.4, 0.5) is 0 Å². The molecule has 1 aliphatic carbocycles. The van der Waals surface area contributed by atoms with Crippen molar-refractivity contribution >= 4 is 0 Å². The van der Waals surface area contributed by atoms with E-state index >= 15 is 0 Å². The number of fused-ring (bicyclic) bond motifs is 1. The molecular formula is C24H24O2. The molecule has 2 heteroatoms. The standard InChI is InChI=1S/C24H24O2/c1-26-22-13-10-20(11-14-22)24(19-8-3-2-4-9-19)16-6-5-7-18-17-21(25)12-15-23(18)24/h2-4,8-15,17,25H,5-7,16H2,1H3. The van der Waals surface area contributed by atoms with Gasteiger partial charge in [-0.3, -0.25) is 0 Å². The van der Waals surface area contributed by atoms with Gasteiger partial charge in [0.1, 0.15) is 11.5 Å². The van der Waals surface area contributed by atoms with Crippen LogP contribution >= 0.6 is 0 Å². The molecule has 1 aliphatic rings. The summed E-state index contributed by atoms with van der Waals surface area (Å²) in [5.74, 6) is 1.22. The lowest BCUT2D eigenvalue weighted by Gasteiger charge is -2.36. The summed E-state index contributed by atoms with van der Waals surface area (Å²) < 4.78 is 5.37. The van der Waals surface area contributed by atoms with Gasteiger partial charge in [0.05, 0.1) is 7.11 Å². The average Bonchev–Trinajstić information content (AvgIpc) is 2.88. The number of aryl methyl sites for hydroxylation is 1. The molecule has 3 aromatic carbocycles. The van der Waals surface area contributed by atoms with Crippen molar-refractivity contribution in [1.82, 2.24) is 0 Å². The highest BCUT2D eigenvalue weighted by atomic mass is 16.5. The Hall–Kier alpha value is -2.74. The number of ether oxygens (including phenoxy) is 1. The molecular weight excluding hydrogens is 320 g/mol. The van der Waals surface area contributed by atoms with Crippen molar-refractivity contribution in [2.45, 2.75) is 31.1 Å². The number of hydrogen-bond acceptors (Lipinski definition) is 2. The molecule has 132 valence electrons. The molecule has 4 rings (SSSR count). The Balaban J connectivity index is 2.00. The van der Waals surface area contributed by atoms with Crippen LogP contribution in [0.3, 0.4) is 0 Å². The van der Waals surface area contributed by atoms with E-state index in [1.54, 1.807) is 7.11 Å². The van der Waals surface area contributed by atoms with Crippen LogP contribution in [0.5, 0.6) is 11.5 Å². The lowest BCUT2D eigenvalue weighted by Crippen LogP contribution is -2.29. The smallest absolute Gasteiger partial charge is 0.118 e. The number of hydrogen-bond donors (Lipinski definition) is 1. The Bertz CT molecular complexity index is 884. The molecule has 0 bridgehead atoms. The highest BCUT2D eigenvalue weighted by Crippen LogP contribution is 2.47. The van der Waals surface area contributed by atoms with Gasteiger partial charge in [0.15, 0.2) is 0 Å². The van der Waals surface area contributed by atoms with Crippen LogP contribution in [0.1, 0.15) is 41.5 Å². The summed E-state index contributed by atoms with van der Waals surface area (Å²) in [6, 6.07) is 25.1. The molecule has 2 nitrogen and oxygen atoms in total. The van der Waals surface area contributed by atoms with Crippen molar-refractivity contribution in [2.24, 2.45) is 0 Å². The van der Waals surface area contributed by atoms with E-state index in [-0.39, 0.29) is 5.41 Å². The van der Waals surface area contributed by atoms with E-state index in [0.717, 1.165) is 31.4 Å². The second-order valence-electron chi connectivity index (χ2n) is 7.05. The van der Waals surface area contributed by atoms with E-state index in [1.807, 2.05) is 24.3 Å². The van der Waals surface area contributed by atoms with Crippen LogP contribution < -0.4 is 4.74 Å². The molecule has 1 N–H and O–H groups in total. The maximum absolute atomic E-state index is 10.0. The first kappa shape index (κ1) is 16.7. The molecule has 0 radical (unpaired) electrons. The molecule has 0 saturated heterocycles. The van der Waals surface area contributed by atoms with Gasteiger partial charge in [0, 0.05) is 5.41 Å². The van der Waals surface area contributed by atoms with Gasteiger partial charge < -0.3 is 9.84 Å². The average molecular weight is 344 g/mol. The summed E-state index contributed by atoms with van der Waals surface area (Å²) in [6.07, 6.45) is 4.35. The molecule has 0 aromatic heterocycles. The van der Waals surface area contributed by atoms with Gasteiger partial charge in [-0.05, 0) is 65.8 Å². The van der Waals surface area contributed by atoms with Gasteiger partial charge >= 0.3 is 0 Å². The second-order valence-corrected chi connectivity index (χ2v) is 7.05. The molecule has 0 fully saturated rings. The van der Waals surface area contributed by atoms with Crippen molar-refractivity contribution < 1.29 is 9.84 Å². The fourth-order valence-electron chi connectivity index (χ4n) is 4.41. The maximum atomic E-state index is 10.0. The minimum absolute atomic E-state index is 0.201. The van der Waals surface area contributed by atoms with Gasteiger partial charge in [-0.1, -0.05) is 55.0 Å². The number of rotatable bonds is 3. The summed E-state index contributed by atoms with van der Waals surface area (Å²) in [4.78, 5) is 0. The van der Waals surface area contributed by atoms with Crippen molar-refractivity contribution in [3.8, 4) is 11.5 Å². The van der Waals surface area contributed by atoms with E-state index in [0.29, 0.717) is 5.75 Å². The van der Waals surface area contributed by atoms with Gasteiger partial charge in [-0.2, -0.15) is 0 Å². The first-order valence-electron chi connectivity index (χ1n) is 9.26. The Morgan fingerprint density at radius 2 is 1.58 bits per heavy atom. The molecule has 0 heterocycles. The zero-order valence-corrected chi connectivity index (χ0v) is 15.1. The summed E-state index contributed by atoms with van der Waals surface area (Å²) in [5, 5.41) is 10.0. The van der Waals surface area contributed by atoms with Crippen LogP contribution in [0, 0.1) is 0 Å². The predicted octanol–water partition coefficient (Wildman–Crippen LogP) is 5.46. The van der Waals surface area contributed by atoms with Crippen molar-refractivity contribution in [3.05, 3.63) is 95.1 Å². The number of phenols is 1. The largest absolute Gasteiger partial charge is 0.508 e. The normalized spacial score (nSPS) is 19.4. The third kappa shape index (κ3) is 2.76. The topological polar surface area (TPSA) is 29.5 Å². The first-order chi connectivity index (χ1) is 12.7. The molecule has 1 atom stereocenters. The zero-order chi connectivity index (χ0) is 18.0. The maximum Gasteiger partial charge on any atom is 0.118 e. The summed E-state index contributed by atoms with van der Waals surface area (Å²) in [7, 11) is 1.70. The lowest BCUT2D eigenvalue weighted by atomic mass is 9.66. The van der Waals surface area contributed by atoms with Crippen molar-refractivity contribution in [1.29, 1.82) is 0 Å². The Kier molecular flexibility index (Phi) is 4.42. The summed E-state index contributed by atoms with van der Waals surface area (Å²) in [6.45, 7) is 0. The number of phenolic OH excluding ortho intramolecular Hbond substituents is 1. The third-order valence-corrected chi connectivity index (χ3v) is 5.65. The van der Waals surface area contributed by atoms with Gasteiger partial charge in [0.2, 0.25) is 0 Å². The molecule has 26 heavy (non-hydrogen) atoms. The number of benzene rings is 3. The van der Waals surface area contributed by atoms with Crippen LogP contribution in [0.2, 0.25) is 0 Å². The second kappa shape index (κ2) is 6.87. The Morgan fingerprint density at radius 1 is 0.846 bits per heavy atom. The molecule has 0 saturated carbocycles. The SMILES string of the molecule is COc1ccc(C2(c3ccccc3)CCCCc3cc(O)ccc32)cc1. The predicted molar refractivity (Wildman–Crippen MR) is 105 cm³/mol. The monoisotopic (exact) mass is 344 g/mol. The summed E-state index contributed by atoms with van der Waals surface area (Å²) in [5.41, 5.74) is 4.94. The highest BCUT2D eigenvalue weighted by molar-refractivity contribution is 5.55. The first-order valence-corrected chi connectivity index (χ1v) is 9.26. The number of aromatic hydroxyl groups is 1. The fourth-order valence-corrected chi connectivity index (χ4v) is 4.41. The lowest BCUT2D eigenvalue weighted by molar-refractivity contribution is 0.414. The minimum Gasteiger partial charge on any atom is -0.508 e. The van der Waals surface area contributed by atoms with Crippen LogP contribution in [0.25, 0.3) is 0 Å². The fraction of sp³-hybridized carbons (Fsp3) is 0.250. The van der Waals surface area contributed by atoms with Gasteiger partial charge in [-0.25, -0.2) is 0 Å². The van der Waals surface area contributed by atoms with Crippen LogP contribution in [-0.4, -0.2) is 12.2 Å². The molecule has 0 aliphatic heterocycles. The Morgan fingerprint density at radius 3 is 2.31 bits per heavy atom.